The summed E-state index contributed by atoms with van der Waals surface area (Å²) in [6.07, 6.45) is 2.84. The fraction of sp³-hybridized carbons (Fsp3) is 0.500. The second-order valence-electron chi connectivity index (χ2n) is 2.92. The van der Waals surface area contributed by atoms with Crippen molar-refractivity contribution in [3.05, 3.63) is 11.6 Å². The van der Waals surface area contributed by atoms with Gasteiger partial charge in [-0.3, -0.25) is 5.43 Å². The molecule has 0 saturated carbocycles. The van der Waals surface area contributed by atoms with Gasteiger partial charge < -0.3 is 10.1 Å². The number of rotatable bonds is 1. The molecule has 13 heavy (non-hydrogen) atoms. The Hall–Kier alpha value is -1.52. The minimum atomic E-state index is 0.408. The lowest BCUT2D eigenvalue weighted by atomic mass is 10.2. The minimum absolute atomic E-state index is 0.408. The Kier molecular flexibility index (Phi) is 2.89. The molecule has 0 aliphatic carbocycles. The van der Waals surface area contributed by atoms with Crippen LogP contribution < -0.4 is 5.43 Å². The second kappa shape index (κ2) is 3.93. The van der Waals surface area contributed by atoms with Crippen LogP contribution in [0.4, 0.5) is 0 Å². The number of nitrogens with one attached hydrogen (secondary N) is 1. The van der Waals surface area contributed by atoms with Gasteiger partial charge in [-0.15, -0.1) is 0 Å². The third kappa shape index (κ3) is 1.80. The molecule has 0 saturated heterocycles. The fourth-order valence-electron chi connectivity index (χ4n) is 1.14. The number of amidine groups is 2. The number of oxime groups is 1. The van der Waals surface area contributed by atoms with Gasteiger partial charge in [0.2, 0.25) is 0 Å². The van der Waals surface area contributed by atoms with Crippen LogP contribution in [0.3, 0.4) is 0 Å². The molecule has 0 atom stereocenters. The van der Waals surface area contributed by atoms with E-state index in [1.165, 1.54) is 0 Å². The molecule has 72 valence electrons. The standard InChI is InChI=1S/C8H14N4O/c1-4-5-6-7(11-13)9-10-8(6)12(2)3/h5,13H,4H2,1-3H3,(H,9,11)/b6-5+. The Morgan fingerprint density at radius 1 is 1.62 bits per heavy atom. The summed E-state index contributed by atoms with van der Waals surface area (Å²) in [6.45, 7) is 2.02. The zero-order chi connectivity index (χ0) is 9.84. The van der Waals surface area contributed by atoms with Crippen molar-refractivity contribution in [1.82, 2.24) is 10.3 Å². The molecule has 0 bridgehead atoms. The van der Waals surface area contributed by atoms with Crippen molar-refractivity contribution in [3.8, 4) is 0 Å². The van der Waals surface area contributed by atoms with E-state index in [1.807, 2.05) is 32.0 Å². The molecule has 0 aromatic carbocycles. The molecule has 0 radical (unpaired) electrons. The number of nitrogens with zero attached hydrogens (tertiary/aromatic N) is 3. The Bertz CT molecular complexity index is 278. The third-order valence-electron chi connectivity index (χ3n) is 1.70. The number of hydrogen-bond acceptors (Lipinski definition) is 4. The van der Waals surface area contributed by atoms with Gasteiger partial charge in [0.05, 0.1) is 5.57 Å². The summed E-state index contributed by atoms with van der Waals surface area (Å²) < 4.78 is 0. The summed E-state index contributed by atoms with van der Waals surface area (Å²) in [5, 5.41) is 15.8. The van der Waals surface area contributed by atoms with Crippen LogP contribution in [0, 0.1) is 0 Å². The maximum absolute atomic E-state index is 8.66. The quantitative estimate of drug-likeness (QED) is 0.461. The van der Waals surface area contributed by atoms with Gasteiger partial charge in [0, 0.05) is 14.1 Å². The topological polar surface area (TPSA) is 60.2 Å². The van der Waals surface area contributed by atoms with Crippen LogP contribution in [0.5, 0.6) is 0 Å². The van der Waals surface area contributed by atoms with E-state index in [4.69, 9.17) is 5.21 Å². The molecule has 5 heteroatoms. The van der Waals surface area contributed by atoms with Crippen LogP contribution in [0.2, 0.25) is 0 Å². The molecule has 1 aliphatic rings. The van der Waals surface area contributed by atoms with Crippen molar-refractivity contribution in [1.29, 1.82) is 0 Å². The van der Waals surface area contributed by atoms with E-state index in [0.29, 0.717) is 5.84 Å². The molecular formula is C8H14N4O. The van der Waals surface area contributed by atoms with Crippen LogP contribution in [0.15, 0.2) is 21.9 Å². The number of likely N-dealkylation sites (N-methyl/N-ethyl adjacent to an activating group) is 1. The Balaban J connectivity index is 2.95. The Morgan fingerprint density at radius 2 is 2.31 bits per heavy atom. The molecule has 0 amide bonds. The normalized spacial score (nSPS) is 21.9. The number of hydrazone groups is 1. The largest absolute Gasteiger partial charge is 0.409 e. The molecule has 5 nitrogen and oxygen atoms in total. The zero-order valence-electron chi connectivity index (χ0n) is 8.07. The molecule has 0 spiro atoms. The van der Waals surface area contributed by atoms with Gasteiger partial charge in [-0.25, -0.2) is 0 Å². The Morgan fingerprint density at radius 3 is 2.77 bits per heavy atom. The first-order valence-corrected chi connectivity index (χ1v) is 4.14. The average Bonchev–Trinajstić information content (AvgIpc) is 2.48. The lowest BCUT2D eigenvalue weighted by molar-refractivity contribution is 0.317. The van der Waals surface area contributed by atoms with Gasteiger partial charge in [-0.2, -0.15) is 5.10 Å². The van der Waals surface area contributed by atoms with Crippen molar-refractivity contribution in [2.24, 2.45) is 10.3 Å². The molecule has 0 aromatic rings. The fourth-order valence-corrected chi connectivity index (χ4v) is 1.14. The summed E-state index contributed by atoms with van der Waals surface area (Å²) in [7, 11) is 3.79. The first-order valence-electron chi connectivity index (χ1n) is 4.14. The average molecular weight is 182 g/mol. The highest BCUT2D eigenvalue weighted by Crippen LogP contribution is 2.09. The third-order valence-corrected chi connectivity index (χ3v) is 1.70. The smallest absolute Gasteiger partial charge is 0.196 e. The van der Waals surface area contributed by atoms with Gasteiger partial charge in [0.15, 0.2) is 11.7 Å². The Labute approximate surface area is 77.4 Å². The monoisotopic (exact) mass is 182 g/mol. The van der Waals surface area contributed by atoms with E-state index in [9.17, 15) is 0 Å². The van der Waals surface area contributed by atoms with Crippen molar-refractivity contribution in [3.63, 3.8) is 0 Å². The first-order chi connectivity index (χ1) is 6.20. The SMILES string of the molecule is CC/C=C1\C(=NO)NN=C1N(C)C. The second-order valence-corrected chi connectivity index (χ2v) is 2.92. The molecule has 1 rings (SSSR count). The van der Waals surface area contributed by atoms with Gasteiger partial charge in [0.1, 0.15) is 0 Å². The maximum atomic E-state index is 8.66. The van der Waals surface area contributed by atoms with Gasteiger partial charge in [-0.05, 0) is 6.42 Å². The summed E-state index contributed by atoms with van der Waals surface area (Å²) in [5.41, 5.74) is 3.49. The summed E-state index contributed by atoms with van der Waals surface area (Å²) in [4.78, 5) is 1.87. The van der Waals surface area contributed by atoms with E-state index < -0.39 is 0 Å². The molecule has 0 aromatic heterocycles. The van der Waals surface area contributed by atoms with Gasteiger partial charge >= 0.3 is 0 Å². The van der Waals surface area contributed by atoms with Crippen molar-refractivity contribution in [2.45, 2.75) is 13.3 Å². The number of allylic oxidation sites excluding steroid dienone is 1. The summed E-state index contributed by atoms with van der Waals surface area (Å²) >= 11 is 0. The van der Waals surface area contributed by atoms with Crippen LogP contribution in [0.1, 0.15) is 13.3 Å². The first kappa shape index (κ1) is 9.57. The number of hydrogen-bond donors (Lipinski definition) is 2. The van der Waals surface area contributed by atoms with Gasteiger partial charge in [0.25, 0.3) is 0 Å². The van der Waals surface area contributed by atoms with Crippen molar-refractivity contribution in [2.75, 3.05) is 14.1 Å². The van der Waals surface area contributed by atoms with E-state index >= 15 is 0 Å². The van der Waals surface area contributed by atoms with Crippen LogP contribution in [-0.2, 0) is 0 Å². The van der Waals surface area contributed by atoms with E-state index in [0.717, 1.165) is 17.8 Å². The lowest BCUT2D eigenvalue weighted by Gasteiger charge is -2.11. The molecule has 1 aliphatic heterocycles. The lowest BCUT2D eigenvalue weighted by Crippen LogP contribution is -2.23. The van der Waals surface area contributed by atoms with E-state index in [1.54, 1.807) is 0 Å². The van der Waals surface area contributed by atoms with Crippen molar-refractivity contribution < 1.29 is 5.21 Å². The zero-order valence-corrected chi connectivity index (χ0v) is 8.07. The summed E-state index contributed by atoms with van der Waals surface area (Å²) in [6, 6.07) is 0. The highest BCUT2D eigenvalue weighted by atomic mass is 16.4. The molecule has 0 fully saturated rings. The molecule has 0 unspecified atom stereocenters. The predicted octanol–water partition coefficient (Wildman–Crippen LogP) is 0.589. The molecular weight excluding hydrogens is 168 g/mol. The highest BCUT2D eigenvalue weighted by molar-refractivity contribution is 6.25. The van der Waals surface area contributed by atoms with Gasteiger partial charge in [-0.1, -0.05) is 18.2 Å². The molecule has 1 heterocycles. The highest BCUT2D eigenvalue weighted by Gasteiger charge is 2.21. The maximum Gasteiger partial charge on any atom is 0.196 e. The minimum Gasteiger partial charge on any atom is -0.409 e. The van der Waals surface area contributed by atoms with E-state index in [2.05, 4.69) is 15.7 Å². The molecule has 2 N–H and O–H groups in total. The van der Waals surface area contributed by atoms with Crippen LogP contribution >= 0.6 is 0 Å². The summed E-state index contributed by atoms with van der Waals surface area (Å²) in [5.74, 6) is 1.19. The van der Waals surface area contributed by atoms with Crippen LogP contribution in [0.25, 0.3) is 0 Å². The van der Waals surface area contributed by atoms with E-state index in [-0.39, 0.29) is 0 Å². The van der Waals surface area contributed by atoms with Crippen molar-refractivity contribution >= 4 is 11.7 Å². The predicted molar refractivity (Wildman–Crippen MR) is 51.9 cm³/mol. The van der Waals surface area contributed by atoms with Crippen LogP contribution in [-0.4, -0.2) is 35.9 Å².